The number of halogens is 1. The van der Waals surface area contributed by atoms with Crippen LogP contribution in [0.3, 0.4) is 0 Å². The predicted octanol–water partition coefficient (Wildman–Crippen LogP) is 3.75. The molecule has 0 bridgehead atoms. The van der Waals surface area contributed by atoms with Gasteiger partial charge in [0.25, 0.3) is 5.91 Å². The number of methoxy groups -OCH3 is 1. The van der Waals surface area contributed by atoms with Crippen LogP contribution in [-0.4, -0.2) is 46.2 Å². The quantitative estimate of drug-likeness (QED) is 0.508. The number of carbonyl (C=O) groups excluding carboxylic acids is 1. The summed E-state index contributed by atoms with van der Waals surface area (Å²) in [5.74, 6) is 1.32. The maximum atomic E-state index is 12.0. The highest BCUT2D eigenvalue weighted by atomic mass is 35.5. The van der Waals surface area contributed by atoms with Crippen LogP contribution in [0.1, 0.15) is 10.4 Å². The number of hydrogen-bond acceptors (Lipinski definition) is 4. The number of benzene rings is 2. The Morgan fingerprint density at radius 3 is 2.76 bits per heavy atom. The van der Waals surface area contributed by atoms with Gasteiger partial charge in [-0.25, -0.2) is 9.97 Å². The maximum absolute atomic E-state index is 12.0. The Labute approximate surface area is 172 Å². The number of nitrogens with one attached hydrogen (secondary N) is 2. The number of nitrogens with zero attached hydrogens (tertiary/aromatic N) is 3. The summed E-state index contributed by atoms with van der Waals surface area (Å²) in [7, 11) is 3.27. The molecular weight excluding hydrogens is 390 g/mol. The van der Waals surface area contributed by atoms with Crippen molar-refractivity contribution in [1.29, 1.82) is 0 Å². The summed E-state index contributed by atoms with van der Waals surface area (Å²) in [6.45, 7) is 1.16. The second-order valence-electron chi connectivity index (χ2n) is 6.51. The van der Waals surface area contributed by atoms with E-state index < -0.39 is 0 Å². The third kappa shape index (κ3) is 3.74. The summed E-state index contributed by atoms with van der Waals surface area (Å²) in [4.78, 5) is 24.6. The van der Waals surface area contributed by atoms with Gasteiger partial charge in [0.1, 0.15) is 11.5 Å². The minimum atomic E-state index is -0.147. The molecule has 1 amide bonds. The van der Waals surface area contributed by atoms with Crippen LogP contribution in [0.5, 0.6) is 0 Å². The largest absolute Gasteiger partial charge is 0.383 e. The molecule has 0 aliphatic heterocycles. The molecule has 148 valence electrons. The number of fused-ring (bicyclic) bond motifs is 1. The van der Waals surface area contributed by atoms with E-state index in [9.17, 15) is 4.79 Å². The van der Waals surface area contributed by atoms with Gasteiger partial charge in [0.05, 0.1) is 23.8 Å². The SMILES string of the molecule is CNC(=O)c1ccc2c(c1)nc(-c1cnc(-c3ccc(Cl)cc3)[nH]1)n2CCOC. The first kappa shape index (κ1) is 19.2. The van der Waals surface area contributed by atoms with E-state index in [1.165, 1.54) is 0 Å². The number of rotatable bonds is 6. The Morgan fingerprint density at radius 2 is 2.03 bits per heavy atom. The minimum Gasteiger partial charge on any atom is -0.383 e. The molecule has 0 spiro atoms. The molecule has 4 aromatic rings. The van der Waals surface area contributed by atoms with Gasteiger partial charge in [-0.3, -0.25) is 4.79 Å². The zero-order valence-electron chi connectivity index (χ0n) is 16.1. The number of imidazole rings is 2. The van der Waals surface area contributed by atoms with E-state index in [1.54, 1.807) is 32.5 Å². The number of aromatic nitrogens is 4. The standard InChI is InChI=1S/C21H20ClN5O2/c1-23-21(28)14-5-8-18-16(11-14)26-20(27(18)9-10-29-2)17-12-24-19(25-17)13-3-6-15(22)7-4-13/h3-8,11-12H,9-10H2,1-2H3,(H,23,28)(H,24,25). The van der Waals surface area contributed by atoms with Crippen LogP contribution in [0, 0.1) is 0 Å². The van der Waals surface area contributed by atoms with Crippen molar-refractivity contribution in [3.8, 4) is 22.9 Å². The van der Waals surface area contributed by atoms with Gasteiger partial charge >= 0.3 is 0 Å². The van der Waals surface area contributed by atoms with Crippen molar-refractivity contribution in [3.63, 3.8) is 0 Å². The molecule has 8 heteroatoms. The van der Waals surface area contributed by atoms with Gasteiger partial charge in [-0.2, -0.15) is 0 Å². The predicted molar refractivity (Wildman–Crippen MR) is 113 cm³/mol. The van der Waals surface area contributed by atoms with E-state index in [2.05, 4.69) is 19.9 Å². The van der Waals surface area contributed by atoms with Crippen LogP contribution < -0.4 is 5.32 Å². The number of amides is 1. The average molecular weight is 410 g/mol. The summed E-state index contributed by atoms with van der Waals surface area (Å²) < 4.78 is 7.33. The van der Waals surface area contributed by atoms with Crippen LogP contribution in [0.15, 0.2) is 48.7 Å². The lowest BCUT2D eigenvalue weighted by molar-refractivity contribution is 0.0963. The van der Waals surface area contributed by atoms with Gasteiger partial charge in [-0.1, -0.05) is 11.6 Å². The van der Waals surface area contributed by atoms with E-state index in [0.29, 0.717) is 23.7 Å². The molecule has 2 N–H and O–H groups in total. The first-order valence-electron chi connectivity index (χ1n) is 9.13. The molecule has 0 atom stereocenters. The second kappa shape index (κ2) is 8.06. The van der Waals surface area contributed by atoms with Crippen LogP contribution in [0.4, 0.5) is 0 Å². The van der Waals surface area contributed by atoms with E-state index in [-0.39, 0.29) is 5.91 Å². The lowest BCUT2D eigenvalue weighted by Crippen LogP contribution is -2.17. The molecule has 0 unspecified atom stereocenters. The Bertz CT molecular complexity index is 1160. The highest BCUT2D eigenvalue weighted by molar-refractivity contribution is 6.30. The van der Waals surface area contributed by atoms with Gasteiger partial charge in [-0.15, -0.1) is 0 Å². The van der Waals surface area contributed by atoms with Crippen molar-refractivity contribution < 1.29 is 9.53 Å². The van der Waals surface area contributed by atoms with E-state index in [1.807, 2.05) is 30.3 Å². The van der Waals surface area contributed by atoms with Gasteiger partial charge in [-0.05, 0) is 42.5 Å². The van der Waals surface area contributed by atoms with Crippen molar-refractivity contribution in [3.05, 3.63) is 59.2 Å². The Kier molecular flexibility index (Phi) is 5.33. The summed E-state index contributed by atoms with van der Waals surface area (Å²) >= 11 is 5.98. The summed E-state index contributed by atoms with van der Waals surface area (Å²) in [6, 6.07) is 13.0. The van der Waals surface area contributed by atoms with Crippen molar-refractivity contribution in [2.75, 3.05) is 20.8 Å². The lowest BCUT2D eigenvalue weighted by atomic mass is 10.2. The van der Waals surface area contributed by atoms with Gasteiger partial charge < -0.3 is 19.6 Å². The molecule has 0 saturated carbocycles. The van der Waals surface area contributed by atoms with Crippen LogP contribution in [0.25, 0.3) is 33.9 Å². The highest BCUT2D eigenvalue weighted by Gasteiger charge is 2.17. The van der Waals surface area contributed by atoms with Crippen molar-refractivity contribution in [2.45, 2.75) is 6.54 Å². The summed E-state index contributed by atoms with van der Waals surface area (Å²) in [6.07, 6.45) is 1.76. The van der Waals surface area contributed by atoms with E-state index in [0.717, 1.165) is 33.9 Å². The van der Waals surface area contributed by atoms with Crippen molar-refractivity contribution in [2.24, 2.45) is 0 Å². The third-order valence-electron chi connectivity index (χ3n) is 4.69. The first-order valence-corrected chi connectivity index (χ1v) is 9.51. The van der Waals surface area contributed by atoms with Gasteiger partial charge in [0, 0.05) is 36.9 Å². The van der Waals surface area contributed by atoms with Crippen LogP contribution in [0.2, 0.25) is 5.02 Å². The smallest absolute Gasteiger partial charge is 0.251 e. The third-order valence-corrected chi connectivity index (χ3v) is 4.94. The zero-order chi connectivity index (χ0) is 20.4. The number of hydrogen-bond donors (Lipinski definition) is 2. The molecule has 0 radical (unpaired) electrons. The molecule has 29 heavy (non-hydrogen) atoms. The molecule has 0 aliphatic rings. The molecule has 2 heterocycles. The number of ether oxygens (including phenoxy) is 1. The fraction of sp³-hybridized carbons (Fsp3) is 0.190. The highest BCUT2D eigenvalue weighted by Crippen LogP contribution is 2.27. The molecule has 0 fully saturated rings. The normalized spacial score (nSPS) is 11.1. The van der Waals surface area contributed by atoms with Crippen LogP contribution in [-0.2, 0) is 11.3 Å². The van der Waals surface area contributed by atoms with E-state index in [4.69, 9.17) is 21.3 Å². The second-order valence-corrected chi connectivity index (χ2v) is 6.95. The molecule has 2 aromatic carbocycles. The minimum absolute atomic E-state index is 0.147. The molecule has 7 nitrogen and oxygen atoms in total. The van der Waals surface area contributed by atoms with Crippen molar-refractivity contribution in [1.82, 2.24) is 24.8 Å². The van der Waals surface area contributed by atoms with Crippen molar-refractivity contribution >= 4 is 28.5 Å². The lowest BCUT2D eigenvalue weighted by Gasteiger charge is -2.07. The average Bonchev–Trinajstić information content (AvgIpc) is 3.36. The number of carbonyl (C=O) groups is 1. The van der Waals surface area contributed by atoms with Crippen LogP contribution >= 0.6 is 11.6 Å². The number of aromatic amines is 1. The first-order chi connectivity index (χ1) is 14.1. The fourth-order valence-electron chi connectivity index (χ4n) is 3.22. The molecule has 0 saturated heterocycles. The monoisotopic (exact) mass is 409 g/mol. The fourth-order valence-corrected chi connectivity index (χ4v) is 3.35. The van der Waals surface area contributed by atoms with E-state index >= 15 is 0 Å². The summed E-state index contributed by atoms with van der Waals surface area (Å²) in [5, 5.41) is 3.31. The Balaban J connectivity index is 1.79. The Morgan fingerprint density at radius 1 is 1.24 bits per heavy atom. The Hall–Kier alpha value is -3.16. The van der Waals surface area contributed by atoms with Gasteiger partial charge in [0.15, 0.2) is 5.82 Å². The molecule has 0 aliphatic carbocycles. The number of H-pyrrole nitrogens is 1. The molecule has 2 aromatic heterocycles. The molecule has 4 rings (SSSR count). The maximum Gasteiger partial charge on any atom is 0.251 e. The molecular formula is C21H20ClN5O2. The topological polar surface area (TPSA) is 84.8 Å². The van der Waals surface area contributed by atoms with Gasteiger partial charge in [0.2, 0.25) is 0 Å². The summed E-state index contributed by atoms with van der Waals surface area (Å²) in [5.41, 5.74) is 3.94. The zero-order valence-corrected chi connectivity index (χ0v) is 16.8.